The fourth-order valence-corrected chi connectivity index (χ4v) is 3.50. The van der Waals surface area contributed by atoms with Gasteiger partial charge in [0.15, 0.2) is 0 Å². The Kier molecular flexibility index (Phi) is 6.00. The molecule has 2 aromatic rings. The van der Waals surface area contributed by atoms with Crippen molar-refractivity contribution in [2.45, 2.75) is 38.5 Å². The smallest absolute Gasteiger partial charge is 0.222 e. The predicted octanol–water partition coefficient (Wildman–Crippen LogP) is 3.89. The van der Waals surface area contributed by atoms with Crippen LogP contribution >= 0.6 is 0 Å². The minimum atomic E-state index is 0.295. The largest absolute Gasteiger partial charge is 0.342 e. The number of amides is 1. The number of piperidine rings is 1. The van der Waals surface area contributed by atoms with E-state index >= 15 is 0 Å². The Morgan fingerprint density at radius 1 is 1.08 bits per heavy atom. The van der Waals surface area contributed by atoms with Crippen molar-refractivity contribution in [3.8, 4) is 0 Å². The van der Waals surface area contributed by atoms with Crippen molar-refractivity contribution in [2.75, 3.05) is 13.1 Å². The Balaban J connectivity index is 1.45. The number of rotatable bonds is 6. The Hall–Kier alpha value is -2.16. The van der Waals surface area contributed by atoms with E-state index in [1.807, 2.05) is 18.3 Å². The summed E-state index contributed by atoms with van der Waals surface area (Å²) in [7, 11) is 0. The van der Waals surface area contributed by atoms with Gasteiger partial charge in [0.2, 0.25) is 5.91 Å². The highest BCUT2D eigenvalue weighted by molar-refractivity contribution is 5.76. The summed E-state index contributed by atoms with van der Waals surface area (Å²) in [5, 5.41) is 0. The van der Waals surface area contributed by atoms with Crippen molar-refractivity contribution < 1.29 is 4.79 Å². The summed E-state index contributed by atoms with van der Waals surface area (Å²) in [6.45, 7) is 1.85. The Labute approximate surface area is 144 Å². The highest BCUT2D eigenvalue weighted by atomic mass is 16.2. The lowest BCUT2D eigenvalue weighted by Crippen LogP contribution is -2.40. The second kappa shape index (κ2) is 8.62. The lowest BCUT2D eigenvalue weighted by Gasteiger charge is -2.33. The number of aryl methyl sites for hydroxylation is 2. The monoisotopic (exact) mass is 322 g/mol. The summed E-state index contributed by atoms with van der Waals surface area (Å²) in [4.78, 5) is 18.7. The zero-order valence-electron chi connectivity index (χ0n) is 14.2. The first-order valence-electron chi connectivity index (χ1n) is 9.02. The average molecular weight is 322 g/mol. The molecular weight excluding hydrogens is 296 g/mol. The highest BCUT2D eigenvalue weighted by Crippen LogP contribution is 2.22. The molecule has 1 aromatic heterocycles. The number of carbonyl (C=O) groups excluding carboxylic acids is 1. The topological polar surface area (TPSA) is 33.2 Å². The Bertz CT molecular complexity index is 627. The van der Waals surface area contributed by atoms with Crippen molar-refractivity contribution in [1.82, 2.24) is 9.88 Å². The van der Waals surface area contributed by atoms with E-state index < -0.39 is 0 Å². The van der Waals surface area contributed by atoms with Gasteiger partial charge in [0.05, 0.1) is 0 Å². The van der Waals surface area contributed by atoms with E-state index in [0.717, 1.165) is 37.9 Å². The van der Waals surface area contributed by atoms with E-state index in [9.17, 15) is 4.79 Å². The van der Waals surface area contributed by atoms with Crippen LogP contribution in [0.2, 0.25) is 0 Å². The van der Waals surface area contributed by atoms with Crippen molar-refractivity contribution in [2.24, 2.45) is 5.92 Å². The molecule has 1 aliphatic heterocycles. The number of aromatic nitrogens is 1. The number of hydrogen-bond acceptors (Lipinski definition) is 2. The maximum Gasteiger partial charge on any atom is 0.222 e. The van der Waals surface area contributed by atoms with Gasteiger partial charge in [-0.15, -0.1) is 0 Å². The fraction of sp³-hybridized carbons (Fsp3) is 0.429. The fourth-order valence-electron chi connectivity index (χ4n) is 3.50. The first kappa shape index (κ1) is 16.7. The molecule has 0 aliphatic carbocycles. The molecule has 1 aliphatic rings. The third kappa shape index (κ3) is 4.92. The third-order valence-corrected chi connectivity index (χ3v) is 4.91. The number of carbonyl (C=O) groups is 1. The molecule has 0 saturated carbocycles. The number of nitrogens with zero attached hydrogens (tertiary/aromatic N) is 2. The zero-order valence-corrected chi connectivity index (χ0v) is 14.2. The van der Waals surface area contributed by atoms with Crippen LogP contribution in [0, 0.1) is 5.92 Å². The molecule has 3 nitrogen and oxygen atoms in total. The van der Waals surface area contributed by atoms with Crippen LogP contribution in [0.25, 0.3) is 0 Å². The summed E-state index contributed by atoms with van der Waals surface area (Å²) >= 11 is 0. The molecule has 0 bridgehead atoms. The molecule has 2 heterocycles. The quantitative estimate of drug-likeness (QED) is 0.808. The van der Waals surface area contributed by atoms with Crippen LogP contribution in [-0.4, -0.2) is 28.9 Å². The van der Waals surface area contributed by atoms with Crippen LogP contribution in [-0.2, 0) is 17.6 Å². The lowest BCUT2D eigenvalue weighted by molar-refractivity contribution is -0.133. The van der Waals surface area contributed by atoms with Crippen LogP contribution in [0.15, 0.2) is 54.9 Å². The average Bonchev–Trinajstić information content (AvgIpc) is 2.66. The normalized spacial score (nSPS) is 17.7. The molecule has 1 atom stereocenters. The lowest BCUT2D eigenvalue weighted by atomic mass is 9.91. The third-order valence-electron chi connectivity index (χ3n) is 4.91. The summed E-state index contributed by atoms with van der Waals surface area (Å²) in [5.41, 5.74) is 2.54. The molecule has 3 rings (SSSR count). The molecule has 1 fully saturated rings. The number of likely N-dealkylation sites (tertiary alicyclic amines) is 1. The molecule has 0 unspecified atom stereocenters. The molecule has 1 saturated heterocycles. The molecule has 0 radical (unpaired) electrons. The standard InChI is InChI=1S/C21H26N2O/c24-21(13-12-19-8-4-14-22-16-19)23-15-5-9-20(17-23)11-10-18-6-2-1-3-7-18/h1-4,6-8,14,16,20H,5,9-13,15,17H2/t20-/m0/s1. The first-order chi connectivity index (χ1) is 11.8. The minimum Gasteiger partial charge on any atom is -0.342 e. The van der Waals surface area contributed by atoms with Gasteiger partial charge in [-0.05, 0) is 55.2 Å². The molecule has 3 heteroatoms. The molecule has 1 amide bonds. The van der Waals surface area contributed by atoms with E-state index in [4.69, 9.17) is 0 Å². The maximum absolute atomic E-state index is 12.5. The first-order valence-corrected chi connectivity index (χ1v) is 9.02. The van der Waals surface area contributed by atoms with Crippen LogP contribution < -0.4 is 0 Å². The molecule has 126 valence electrons. The SMILES string of the molecule is O=C(CCc1cccnc1)N1CCC[C@@H](CCc2ccccc2)C1. The predicted molar refractivity (Wildman–Crippen MR) is 96.6 cm³/mol. The Morgan fingerprint density at radius 3 is 2.71 bits per heavy atom. The van der Waals surface area contributed by atoms with Crippen LogP contribution in [0.3, 0.4) is 0 Å². The van der Waals surface area contributed by atoms with Gasteiger partial charge < -0.3 is 4.90 Å². The summed E-state index contributed by atoms with van der Waals surface area (Å²) in [6.07, 6.45) is 9.69. The molecule has 24 heavy (non-hydrogen) atoms. The number of hydrogen-bond donors (Lipinski definition) is 0. The summed E-state index contributed by atoms with van der Waals surface area (Å²) < 4.78 is 0. The van der Waals surface area contributed by atoms with Crippen LogP contribution in [0.1, 0.15) is 36.8 Å². The van der Waals surface area contributed by atoms with Gasteiger partial charge in [-0.25, -0.2) is 0 Å². The van der Waals surface area contributed by atoms with E-state index in [1.165, 1.54) is 18.4 Å². The zero-order chi connectivity index (χ0) is 16.6. The number of benzene rings is 1. The minimum absolute atomic E-state index is 0.295. The van der Waals surface area contributed by atoms with Crippen molar-refractivity contribution in [1.29, 1.82) is 0 Å². The second-order valence-electron chi connectivity index (χ2n) is 6.73. The highest BCUT2D eigenvalue weighted by Gasteiger charge is 2.23. The molecular formula is C21H26N2O. The summed E-state index contributed by atoms with van der Waals surface area (Å²) in [6, 6.07) is 14.6. The maximum atomic E-state index is 12.5. The van der Waals surface area contributed by atoms with Crippen molar-refractivity contribution in [3.63, 3.8) is 0 Å². The van der Waals surface area contributed by atoms with Gasteiger partial charge in [-0.1, -0.05) is 36.4 Å². The molecule has 1 aromatic carbocycles. The van der Waals surface area contributed by atoms with Gasteiger partial charge in [-0.3, -0.25) is 9.78 Å². The summed E-state index contributed by atoms with van der Waals surface area (Å²) in [5.74, 6) is 0.935. The number of pyridine rings is 1. The van der Waals surface area contributed by atoms with Crippen molar-refractivity contribution in [3.05, 3.63) is 66.0 Å². The van der Waals surface area contributed by atoms with Gasteiger partial charge in [-0.2, -0.15) is 0 Å². The van der Waals surface area contributed by atoms with Gasteiger partial charge >= 0.3 is 0 Å². The molecule has 0 spiro atoms. The van der Waals surface area contributed by atoms with Gasteiger partial charge in [0.1, 0.15) is 0 Å². The molecule has 0 N–H and O–H groups in total. The van der Waals surface area contributed by atoms with Gasteiger partial charge in [0, 0.05) is 31.9 Å². The second-order valence-corrected chi connectivity index (χ2v) is 6.73. The van der Waals surface area contributed by atoms with Crippen LogP contribution in [0.4, 0.5) is 0 Å². The van der Waals surface area contributed by atoms with E-state index in [-0.39, 0.29) is 0 Å². The van der Waals surface area contributed by atoms with Crippen molar-refractivity contribution >= 4 is 5.91 Å². The van der Waals surface area contributed by atoms with E-state index in [2.05, 4.69) is 40.2 Å². The van der Waals surface area contributed by atoms with Gasteiger partial charge in [0.25, 0.3) is 0 Å². The van der Waals surface area contributed by atoms with E-state index in [0.29, 0.717) is 18.2 Å². The van der Waals surface area contributed by atoms with E-state index in [1.54, 1.807) is 6.20 Å². The Morgan fingerprint density at radius 2 is 1.92 bits per heavy atom. The van der Waals surface area contributed by atoms with Crippen LogP contribution in [0.5, 0.6) is 0 Å².